The highest BCUT2D eigenvalue weighted by atomic mass is 16.7. The molecule has 7 rings (SSSR count). The molecule has 3 heterocycles. The Bertz CT molecular complexity index is 1200. The van der Waals surface area contributed by atoms with E-state index >= 15 is 0 Å². The summed E-state index contributed by atoms with van der Waals surface area (Å²) < 4.78 is 28.7. The van der Waals surface area contributed by atoms with Crippen molar-refractivity contribution in [2.24, 2.45) is 34.5 Å². The summed E-state index contributed by atoms with van der Waals surface area (Å²) in [5, 5.41) is 63.6. The van der Waals surface area contributed by atoms with Crippen LogP contribution in [0.5, 0.6) is 0 Å². The van der Waals surface area contributed by atoms with Crippen molar-refractivity contribution in [2.75, 3.05) is 19.8 Å². The third-order valence-corrected chi connectivity index (χ3v) is 14.0. The monoisotopic (exact) mass is 666 g/mol. The van der Waals surface area contributed by atoms with Gasteiger partial charge >= 0.3 is 5.97 Å². The minimum Gasteiger partial charge on any atom is -0.458 e. The van der Waals surface area contributed by atoms with E-state index < -0.39 is 54.8 Å². The third kappa shape index (κ3) is 5.92. The minimum atomic E-state index is -1.23. The molecule has 12 heteroatoms. The lowest BCUT2D eigenvalue weighted by molar-refractivity contribution is -0.289. The van der Waals surface area contributed by atoms with E-state index in [2.05, 4.69) is 13.8 Å². The van der Waals surface area contributed by atoms with Gasteiger partial charge in [0.1, 0.15) is 31.0 Å². The third-order valence-electron chi connectivity index (χ3n) is 14.0. The predicted molar refractivity (Wildman–Crippen MR) is 164 cm³/mol. The van der Waals surface area contributed by atoms with Crippen LogP contribution in [0.2, 0.25) is 0 Å². The number of hydrogen-bond donors (Lipinski definition) is 6. The number of esters is 1. The van der Waals surface area contributed by atoms with Gasteiger partial charge in [0.25, 0.3) is 0 Å². The van der Waals surface area contributed by atoms with E-state index in [4.69, 9.17) is 23.7 Å². The second-order valence-electron chi connectivity index (χ2n) is 16.2. The lowest BCUT2D eigenvalue weighted by Crippen LogP contribution is -2.62. The van der Waals surface area contributed by atoms with Gasteiger partial charge < -0.3 is 54.3 Å². The average molecular weight is 667 g/mol. The molecule has 3 aliphatic heterocycles. The van der Waals surface area contributed by atoms with E-state index in [-0.39, 0.29) is 60.8 Å². The highest BCUT2D eigenvalue weighted by Gasteiger charge is 2.67. The van der Waals surface area contributed by atoms with Gasteiger partial charge in [0, 0.05) is 24.3 Å². The number of ether oxygens (including phenoxy) is 5. The van der Waals surface area contributed by atoms with Gasteiger partial charge in [-0.05, 0) is 92.4 Å². The number of cyclic esters (lactones) is 1. The number of rotatable bonds is 7. The number of hydrogen-bond acceptors (Lipinski definition) is 12. The van der Waals surface area contributed by atoms with Crippen molar-refractivity contribution in [3.63, 3.8) is 0 Å². The molecular formula is C35H54O12. The SMILES string of the molecule is C[C@]12CC[C@H](OC[C@@H]3O[C@H](OC[C@@H]4O[C@H](O)C[C@@H](O)[C@H]4O)C[C@@H](O)[C@H]3O)C[C@@H]1CC[C@@H]1[C@@H]2CC[C@]2(C)[C@@H](C3=CC(=O)OC3)CC[C@@]12O. The van der Waals surface area contributed by atoms with Gasteiger partial charge in [-0.25, -0.2) is 4.79 Å². The highest BCUT2D eigenvalue weighted by Crippen LogP contribution is 2.70. The first-order valence-corrected chi connectivity index (χ1v) is 17.9. The number of aliphatic hydroxyl groups excluding tert-OH is 5. The molecule has 2 saturated heterocycles. The van der Waals surface area contributed by atoms with E-state index in [1.165, 1.54) is 0 Å². The van der Waals surface area contributed by atoms with E-state index in [1.54, 1.807) is 6.08 Å². The standard InChI is InChI=1S/C35H54O12/c1-33-8-5-20(43-16-27-32(41)25(37)14-30(47-27)45-17-26-31(40)24(36)13-29(39)46-26)12-19(33)3-4-23-22(33)6-9-34(2)21(7-10-35(23,34)42)18-11-28(38)44-15-18/h11,19-27,29-32,36-37,39-42H,3-10,12-17H2,1-2H3/t19-,20-,21+,22-,23+,24+,25+,26-,27-,29-,30-,31+,32+,33-,34+,35+/m0/s1. The molecule has 12 nitrogen and oxygen atoms in total. The maximum Gasteiger partial charge on any atom is 0.331 e. The first-order chi connectivity index (χ1) is 22.3. The topological polar surface area (TPSA) is 185 Å². The Morgan fingerprint density at radius 2 is 1.53 bits per heavy atom. The molecule has 0 spiro atoms. The van der Waals surface area contributed by atoms with Gasteiger partial charge in [0.05, 0.1) is 37.1 Å². The van der Waals surface area contributed by atoms with Crippen molar-refractivity contribution >= 4 is 5.97 Å². The summed E-state index contributed by atoms with van der Waals surface area (Å²) in [4.78, 5) is 11.9. The molecule has 4 saturated carbocycles. The lowest BCUT2D eigenvalue weighted by Gasteiger charge is -2.63. The fourth-order valence-corrected chi connectivity index (χ4v) is 11.2. The summed E-state index contributed by atoms with van der Waals surface area (Å²) in [6.07, 6.45) is 1.59. The van der Waals surface area contributed by atoms with Crippen LogP contribution in [0.15, 0.2) is 11.6 Å². The zero-order valence-corrected chi connectivity index (χ0v) is 27.6. The molecule has 266 valence electrons. The van der Waals surface area contributed by atoms with E-state index in [9.17, 15) is 35.4 Å². The van der Waals surface area contributed by atoms with Crippen LogP contribution in [0.3, 0.4) is 0 Å². The van der Waals surface area contributed by atoms with Crippen molar-refractivity contribution < 1.29 is 59.1 Å². The zero-order valence-electron chi connectivity index (χ0n) is 27.6. The number of carbonyl (C=O) groups excluding carboxylic acids is 1. The fraction of sp³-hybridized carbons (Fsp3) is 0.914. The smallest absolute Gasteiger partial charge is 0.331 e. The molecule has 7 aliphatic rings. The number of fused-ring (bicyclic) bond motifs is 5. The molecule has 0 aromatic rings. The normalized spacial score (nSPS) is 53.1. The molecular weight excluding hydrogens is 612 g/mol. The molecule has 4 aliphatic carbocycles. The van der Waals surface area contributed by atoms with Crippen LogP contribution in [0.4, 0.5) is 0 Å². The van der Waals surface area contributed by atoms with E-state index in [0.717, 1.165) is 63.4 Å². The Balaban J connectivity index is 0.941. The molecule has 16 atom stereocenters. The molecule has 6 N–H and O–H groups in total. The molecule has 0 aromatic heterocycles. The van der Waals surface area contributed by atoms with Crippen LogP contribution in [-0.2, 0) is 28.5 Å². The fourth-order valence-electron chi connectivity index (χ4n) is 11.2. The minimum absolute atomic E-state index is 0.00716. The second-order valence-corrected chi connectivity index (χ2v) is 16.2. The molecule has 47 heavy (non-hydrogen) atoms. The molecule has 0 amide bonds. The Kier molecular flexibility index (Phi) is 9.37. The molecule has 6 fully saturated rings. The Labute approximate surface area is 276 Å². The maximum absolute atomic E-state index is 12.5. The van der Waals surface area contributed by atoms with Gasteiger partial charge in [-0.1, -0.05) is 13.8 Å². The van der Waals surface area contributed by atoms with Crippen LogP contribution in [-0.4, -0.2) is 117 Å². The molecule has 0 bridgehead atoms. The van der Waals surface area contributed by atoms with Crippen LogP contribution >= 0.6 is 0 Å². The average Bonchev–Trinajstić information content (AvgIpc) is 3.58. The predicted octanol–water partition coefficient (Wildman–Crippen LogP) is 1.31. The van der Waals surface area contributed by atoms with Crippen LogP contribution in [0, 0.1) is 34.5 Å². The maximum atomic E-state index is 12.5. The first kappa shape index (κ1) is 34.3. The number of aliphatic hydroxyl groups is 6. The van der Waals surface area contributed by atoms with E-state index in [0.29, 0.717) is 18.4 Å². The second kappa shape index (κ2) is 12.9. The Morgan fingerprint density at radius 3 is 2.28 bits per heavy atom. The molecule has 0 radical (unpaired) electrons. The van der Waals surface area contributed by atoms with Crippen molar-refractivity contribution in [2.45, 2.75) is 145 Å². The van der Waals surface area contributed by atoms with Crippen molar-refractivity contribution in [3.05, 3.63) is 11.6 Å². The number of carbonyl (C=O) groups is 1. The van der Waals surface area contributed by atoms with Crippen LogP contribution < -0.4 is 0 Å². The van der Waals surface area contributed by atoms with Gasteiger partial charge in [-0.15, -0.1) is 0 Å². The summed E-state index contributed by atoms with van der Waals surface area (Å²) in [6.45, 7) is 4.96. The summed E-state index contributed by atoms with van der Waals surface area (Å²) in [5.74, 6) is 1.05. The first-order valence-electron chi connectivity index (χ1n) is 17.9. The van der Waals surface area contributed by atoms with Gasteiger partial charge in [-0.3, -0.25) is 0 Å². The summed E-state index contributed by atoms with van der Waals surface area (Å²) in [6, 6.07) is 0. The highest BCUT2D eigenvalue weighted by molar-refractivity contribution is 5.85. The summed E-state index contributed by atoms with van der Waals surface area (Å²) in [7, 11) is 0. The van der Waals surface area contributed by atoms with Crippen molar-refractivity contribution in [3.8, 4) is 0 Å². The van der Waals surface area contributed by atoms with Crippen LogP contribution in [0.25, 0.3) is 0 Å². The lowest BCUT2D eigenvalue weighted by atomic mass is 9.43. The summed E-state index contributed by atoms with van der Waals surface area (Å²) >= 11 is 0. The van der Waals surface area contributed by atoms with Crippen molar-refractivity contribution in [1.82, 2.24) is 0 Å². The molecule has 0 aromatic carbocycles. The van der Waals surface area contributed by atoms with Gasteiger partial charge in [0.2, 0.25) is 0 Å². The summed E-state index contributed by atoms with van der Waals surface area (Å²) in [5.41, 5.74) is 0.157. The van der Waals surface area contributed by atoms with Crippen LogP contribution in [0.1, 0.15) is 84.5 Å². The van der Waals surface area contributed by atoms with Gasteiger partial charge in [-0.2, -0.15) is 0 Å². The quantitative estimate of drug-likeness (QED) is 0.215. The zero-order chi connectivity index (χ0) is 33.3. The van der Waals surface area contributed by atoms with Gasteiger partial charge in [0.15, 0.2) is 12.6 Å². The largest absolute Gasteiger partial charge is 0.458 e. The Hall–Kier alpha value is -1.19. The molecule has 0 unspecified atom stereocenters. The van der Waals surface area contributed by atoms with E-state index in [1.807, 2.05) is 0 Å². The van der Waals surface area contributed by atoms with Crippen molar-refractivity contribution in [1.29, 1.82) is 0 Å². The Morgan fingerprint density at radius 1 is 0.809 bits per heavy atom.